The summed E-state index contributed by atoms with van der Waals surface area (Å²) in [5.74, 6) is -0.280. The number of hydrogen-bond donors (Lipinski definition) is 1. The van der Waals surface area contributed by atoms with Gasteiger partial charge in [-0.2, -0.15) is 0 Å². The van der Waals surface area contributed by atoms with E-state index in [1.54, 1.807) is 12.1 Å². The zero-order valence-corrected chi connectivity index (χ0v) is 8.89. The van der Waals surface area contributed by atoms with Gasteiger partial charge in [-0.25, -0.2) is 4.79 Å². The van der Waals surface area contributed by atoms with Crippen molar-refractivity contribution in [2.45, 2.75) is 25.6 Å². The lowest BCUT2D eigenvalue weighted by atomic mass is 10.2. The van der Waals surface area contributed by atoms with Gasteiger partial charge in [-0.05, 0) is 37.1 Å². The molecule has 0 bridgehead atoms. The van der Waals surface area contributed by atoms with Crippen LogP contribution in [0.5, 0.6) is 5.75 Å². The van der Waals surface area contributed by atoms with Crippen molar-refractivity contribution in [1.82, 2.24) is 0 Å². The molecule has 0 amide bonds. The molecule has 1 fully saturated rings. The van der Waals surface area contributed by atoms with Gasteiger partial charge < -0.3 is 14.6 Å². The summed E-state index contributed by atoms with van der Waals surface area (Å²) < 4.78 is 11.0. The van der Waals surface area contributed by atoms with Gasteiger partial charge in [-0.3, -0.25) is 0 Å². The molecule has 1 aromatic rings. The first kappa shape index (κ1) is 11.0. The Morgan fingerprint density at radius 1 is 1.31 bits per heavy atom. The molecule has 0 spiro atoms. The zero-order valence-electron chi connectivity index (χ0n) is 8.89. The number of aromatic carboxylic acids is 1. The second-order valence-corrected chi connectivity index (χ2v) is 3.74. The molecular weight excluding hydrogens is 208 g/mol. The van der Waals surface area contributed by atoms with Gasteiger partial charge in [0.1, 0.15) is 5.75 Å². The van der Waals surface area contributed by atoms with Crippen LogP contribution in [0.15, 0.2) is 24.3 Å². The van der Waals surface area contributed by atoms with Crippen molar-refractivity contribution in [2.75, 3.05) is 6.61 Å². The monoisotopic (exact) mass is 222 g/mol. The molecule has 0 aromatic heterocycles. The Balaban J connectivity index is 1.96. The number of ether oxygens (including phenoxy) is 2. The van der Waals surface area contributed by atoms with E-state index in [9.17, 15) is 4.79 Å². The van der Waals surface area contributed by atoms with Gasteiger partial charge in [-0.15, -0.1) is 0 Å². The quantitative estimate of drug-likeness (QED) is 0.852. The fourth-order valence-electron chi connectivity index (χ4n) is 1.63. The van der Waals surface area contributed by atoms with Crippen LogP contribution in [-0.4, -0.2) is 24.0 Å². The third kappa shape index (κ3) is 2.73. The molecule has 1 aliphatic rings. The van der Waals surface area contributed by atoms with Crippen molar-refractivity contribution in [3.63, 3.8) is 0 Å². The summed E-state index contributed by atoms with van der Waals surface area (Å²) in [7, 11) is 0. The molecule has 0 radical (unpaired) electrons. The minimum absolute atomic E-state index is 0.190. The average Bonchev–Trinajstić information content (AvgIpc) is 2.31. The predicted molar refractivity (Wildman–Crippen MR) is 57.6 cm³/mol. The highest BCUT2D eigenvalue weighted by Gasteiger charge is 2.15. The highest BCUT2D eigenvalue weighted by molar-refractivity contribution is 5.87. The van der Waals surface area contributed by atoms with Crippen LogP contribution in [0, 0.1) is 0 Å². The molecular formula is C12H14O4. The Morgan fingerprint density at radius 2 is 2.06 bits per heavy atom. The molecule has 1 atom stereocenters. The molecule has 0 saturated carbocycles. The van der Waals surface area contributed by atoms with E-state index in [2.05, 4.69) is 0 Å². The van der Waals surface area contributed by atoms with E-state index in [-0.39, 0.29) is 11.9 Å². The molecule has 1 aliphatic heterocycles. The summed E-state index contributed by atoms with van der Waals surface area (Å²) in [6, 6.07) is 6.36. The maximum absolute atomic E-state index is 10.6. The van der Waals surface area contributed by atoms with Gasteiger partial charge >= 0.3 is 5.97 Å². The van der Waals surface area contributed by atoms with Crippen LogP contribution in [0.3, 0.4) is 0 Å². The fraction of sp³-hybridized carbons (Fsp3) is 0.417. The molecule has 0 aliphatic carbocycles. The number of carboxylic acid groups (broad SMARTS) is 1. The summed E-state index contributed by atoms with van der Waals surface area (Å²) in [5.41, 5.74) is 0.261. The number of rotatable bonds is 3. The molecule has 1 saturated heterocycles. The molecule has 1 N–H and O–H groups in total. The number of carboxylic acids is 1. The summed E-state index contributed by atoms with van der Waals surface area (Å²) in [6.07, 6.45) is 2.89. The maximum atomic E-state index is 10.6. The van der Waals surface area contributed by atoms with Gasteiger partial charge in [0.05, 0.1) is 12.2 Å². The Bertz CT molecular complexity index is 352. The zero-order chi connectivity index (χ0) is 11.4. The topological polar surface area (TPSA) is 55.8 Å². The first-order valence-corrected chi connectivity index (χ1v) is 5.37. The van der Waals surface area contributed by atoms with Gasteiger partial charge in [0.15, 0.2) is 6.29 Å². The van der Waals surface area contributed by atoms with E-state index in [0.29, 0.717) is 5.75 Å². The molecule has 1 heterocycles. The summed E-state index contributed by atoms with van der Waals surface area (Å²) in [4.78, 5) is 10.6. The molecule has 2 rings (SSSR count). The lowest BCUT2D eigenvalue weighted by Gasteiger charge is -2.23. The number of carbonyl (C=O) groups is 1. The lowest BCUT2D eigenvalue weighted by molar-refractivity contribution is -0.105. The van der Waals surface area contributed by atoms with Crippen LogP contribution in [-0.2, 0) is 4.74 Å². The third-order valence-electron chi connectivity index (χ3n) is 2.51. The highest BCUT2D eigenvalue weighted by atomic mass is 16.7. The molecule has 0 unspecified atom stereocenters. The molecule has 1 aromatic carbocycles. The van der Waals surface area contributed by atoms with E-state index in [1.807, 2.05) is 0 Å². The van der Waals surface area contributed by atoms with Gasteiger partial charge in [0, 0.05) is 6.42 Å². The molecule has 4 nitrogen and oxygen atoms in total. The third-order valence-corrected chi connectivity index (χ3v) is 2.51. The summed E-state index contributed by atoms with van der Waals surface area (Å²) in [6.45, 7) is 0.734. The van der Waals surface area contributed by atoms with Crippen molar-refractivity contribution in [1.29, 1.82) is 0 Å². The van der Waals surface area contributed by atoms with Crippen LogP contribution in [0.1, 0.15) is 29.6 Å². The molecule has 16 heavy (non-hydrogen) atoms. The Morgan fingerprint density at radius 3 is 2.62 bits per heavy atom. The van der Waals surface area contributed by atoms with Crippen LogP contribution in [0.25, 0.3) is 0 Å². The normalized spacial score (nSPS) is 20.4. The predicted octanol–water partition coefficient (Wildman–Crippen LogP) is 2.29. The largest absolute Gasteiger partial charge is 0.478 e. The second kappa shape index (κ2) is 4.99. The van der Waals surface area contributed by atoms with E-state index >= 15 is 0 Å². The van der Waals surface area contributed by atoms with Crippen molar-refractivity contribution < 1.29 is 19.4 Å². The lowest BCUT2D eigenvalue weighted by Crippen LogP contribution is -2.24. The molecule has 86 valence electrons. The highest BCUT2D eigenvalue weighted by Crippen LogP contribution is 2.19. The van der Waals surface area contributed by atoms with Crippen LogP contribution in [0.2, 0.25) is 0 Å². The Labute approximate surface area is 93.8 Å². The van der Waals surface area contributed by atoms with Gasteiger partial charge in [-0.1, -0.05) is 0 Å². The second-order valence-electron chi connectivity index (χ2n) is 3.74. The van der Waals surface area contributed by atoms with Crippen molar-refractivity contribution >= 4 is 5.97 Å². The Kier molecular flexibility index (Phi) is 3.41. The van der Waals surface area contributed by atoms with Crippen LogP contribution in [0.4, 0.5) is 0 Å². The van der Waals surface area contributed by atoms with Gasteiger partial charge in [0.25, 0.3) is 0 Å². The molecule has 4 heteroatoms. The van der Waals surface area contributed by atoms with Crippen molar-refractivity contribution in [3.8, 4) is 5.75 Å². The van der Waals surface area contributed by atoms with Gasteiger partial charge in [0.2, 0.25) is 0 Å². The summed E-state index contributed by atoms with van der Waals surface area (Å²) in [5, 5.41) is 8.73. The SMILES string of the molecule is O=C(O)c1ccc(O[C@H]2CCCCO2)cc1. The average molecular weight is 222 g/mol. The van der Waals surface area contributed by atoms with Crippen LogP contribution >= 0.6 is 0 Å². The fourth-order valence-corrected chi connectivity index (χ4v) is 1.63. The van der Waals surface area contributed by atoms with Crippen LogP contribution < -0.4 is 4.74 Å². The van der Waals surface area contributed by atoms with E-state index in [4.69, 9.17) is 14.6 Å². The standard InChI is InChI=1S/C12H14O4/c13-12(14)9-4-6-10(7-5-9)16-11-3-1-2-8-15-11/h4-7,11H,1-3,8H2,(H,13,14)/t11-/m0/s1. The Hall–Kier alpha value is -1.55. The first-order chi connectivity index (χ1) is 7.75. The smallest absolute Gasteiger partial charge is 0.335 e. The minimum atomic E-state index is -0.930. The van der Waals surface area contributed by atoms with E-state index in [0.717, 1.165) is 25.9 Å². The van der Waals surface area contributed by atoms with Crippen molar-refractivity contribution in [3.05, 3.63) is 29.8 Å². The first-order valence-electron chi connectivity index (χ1n) is 5.37. The number of hydrogen-bond acceptors (Lipinski definition) is 3. The van der Waals surface area contributed by atoms with E-state index in [1.165, 1.54) is 12.1 Å². The van der Waals surface area contributed by atoms with E-state index < -0.39 is 5.97 Å². The number of benzene rings is 1. The van der Waals surface area contributed by atoms with Crippen molar-refractivity contribution in [2.24, 2.45) is 0 Å². The minimum Gasteiger partial charge on any atom is -0.478 e. The maximum Gasteiger partial charge on any atom is 0.335 e. The summed E-state index contributed by atoms with van der Waals surface area (Å²) >= 11 is 0.